The Labute approximate surface area is 239 Å². The summed E-state index contributed by atoms with van der Waals surface area (Å²) in [6.45, 7) is -0.703. The highest BCUT2D eigenvalue weighted by Crippen LogP contribution is 2.23. The van der Waals surface area contributed by atoms with Gasteiger partial charge >= 0.3 is 30.1 Å². The fraction of sp³-hybridized carbons (Fsp3) is 0.600. The molecular formula is C25H36F3N5O9. The largest absolute Gasteiger partial charge is 0.480 e. The Balaban J connectivity index is 2.38. The van der Waals surface area contributed by atoms with Crippen LogP contribution in [0.15, 0.2) is 24.3 Å². The molecule has 1 saturated heterocycles. The van der Waals surface area contributed by atoms with Crippen LogP contribution in [0.2, 0.25) is 0 Å². The third kappa shape index (κ3) is 13.0. The highest BCUT2D eigenvalue weighted by Gasteiger charge is 2.38. The van der Waals surface area contributed by atoms with Crippen LogP contribution in [0.1, 0.15) is 5.56 Å². The molecule has 1 aliphatic heterocycles. The average molecular weight is 608 g/mol. The van der Waals surface area contributed by atoms with E-state index in [1.165, 1.54) is 24.3 Å². The van der Waals surface area contributed by atoms with Gasteiger partial charge in [-0.25, -0.2) is 0 Å². The number of carboxylic acid groups (broad SMARTS) is 4. The van der Waals surface area contributed by atoms with Crippen molar-refractivity contribution in [3.8, 4) is 0 Å². The molecule has 1 fully saturated rings. The zero-order valence-corrected chi connectivity index (χ0v) is 22.7. The molecular weight excluding hydrogens is 571 g/mol. The second kappa shape index (κ2) is 16.2. The molecule has 2 unspecified atom stereocenters. The Hall–Kier alpha value is -3.51. The van der Waals surface area contributed by atoms with Crippen molar-refractivity contribution < 1.29 is 57.9 Å². The standard InChI is InChI=1S/C25H36F3N5O9/c26-25(27,28)24(42)29-18-3-1-17(2-4-18)11-19-12-32(15-22(38)39)8-7-30(13-20(34)35)5-6-31(14-21(36)37)9-10-33(19)16-23(40)41/h1-4,19,24,29,42H,5-16H2,(H,34,35)(H,36,37)(H,38,39)(H,40,41). The summed E-state index contributed by atoms with van der Waals surface area (Å²) in [5.41, 5.74) is 0.569. The summed E-state index contributed by atoms with van der Waals surface area (Å²) in [6.07, 6.45) is -7.51. The van der Waals surface area contributed by atoms with Crippen LogP contribution in [0.5, 0.6) is 0 Å². The first kappa shape index (κ1) is 34.7. The quantitative estimate of drug-likeness (QED) is 0.166. The minimum Gasteiger partial charge on any atom is -0.480 e. The van der Waals surface area contributed by atoms with Crippen LogP contribution in [0.4, 0.5) is 18.9 Å². The average Bonchev–Trinajstić information content (AvgIpc) is 2.85. The van der Waals surface area contributed by atoms with E-state index >= 15 is 0 Å². The maximum absolute atomic E-state index is 12.7. The molecule has 17 heteroatoms. The van der Waals surface area contributed by atoms with E-state index in [0.717, 1.165) is 0 Å². The molecule has 0 radical (unpaired) electrons. The molecule has 1 aromatic carbocycles. The van der Waals surface area contributed by atoms with Crippen molar-refractivity contribution in [3.05, 3.63) is 29.8 Å². The number of aliphatic carboxylic acids is 4. The van der Waals surface area contributed by atoms with Gasteiger partial charge in [-0.3, -0.25) is 38.8 Å². The number of rotatable bonds is 12. The van der Waals surface area contributed by atoms with Crippen molar-refractivity contribution in [1.29, 1.82) is 0 Å². The predicted octanol–water partition coefficient (Wildman–Crippen LogP) is -0.550. The van der Waals surface area contributed by atoms with E-state index in [4.69, 9.17) is 0 Å². The molecule has 236 valence electrons. The molecule has 6 N–H and O–H groups in total. The van der Waals surface area contributed by atoms with Crippen LogP contribution in [0, 0.1) is 0 Å². The minimum atomic E-state index is -4.88. The van der Waals surface area contributed by atoms with Crippen molar-refractivity contribution in [3.63, 3.8) is 0 Å². The number of alkyl halides is 3. The summed E-state index contributed by atoms with van der Waals surface area (Å²) < 4.78 is 38.1. The maximum Gasteiger partial charge on any atom is 0.433 e. The van der Waals surface area contributed by atoms with E-state index in [1.807, 2.05) is 5.32 Å². The molecule has 0 saturated carbocycles. The van der Waals surface area contributed by atoms with Gasteiger partial charge in [0.1, 0.15) is 0 Å². The molecule has 0 amide bonds. The van der Waals surface area contributed by atoms with Gasteiger partial charge in [0.05, 0.1) is 26.2 Å². The van der Waals surface area contributed by atoms with Crippen LogP contribution in [-0.4, -0.2) is 159 Å². The number of nitrogens with zero attached hydrogens (tertiary/aromatic N) is 4. The number of carbonyl (C=O) groups is 4. The van der Waals surface area contributed by atoms with Crippen LogP contribution in [0.3, 0.4) is 0 Å². The van der Waals surface area contributed by atoms with Crippen LogP contribution < -0.4 is 5.32 Å². The second-order valence-electron chi connectivity index (χ2n) is 9.98. The summed E-state index contributed by atoms with van der Waals surface area (Å²) in [7, 11) is 0. The SMILES string of the molecule is O=C(O)CN1CCN(CC(=O)O)CCN(CC(=O)O)C(Cc2ccc(NC(O)C(F)(F)F)cc2)CN(CC(=O)O)CC1. The third-order valence-corrected chi connectivity index (χ3v) is 6.61. The summed E-state index contributed by atoms with van der Waals surface area (Å²) in [5, 5.41) is 49.0. The molecule has 0 aromatic heterocycles. The predicted molar refractivity (Wildman–Crippen MR) is 141 cm³/mol. The second-order valence-corrected chi connectivity index (χ2v) is 9.98. The zero-order chi connectivity index (χ0) is 31.4. The number of hydrogen-bond donors (Lipinski definition) is 6. The Morgan fingerprint density at radius 1 is 0.738 bits per heavy atom. The van der Waals surface area contributed by atoms with Gasteiger partial charge in [-0.15, -0.1) is 0 Å². The van der Waals surface area contributed by atoms with Crippen LogP contribution in [-0.2, 0) is 25.6 Å². The summed E-state index contributed by atoms with van der Waals surface area (Å²) in [5.74, 6) is -4.55. The van der Waals surface area contributed by atoms with E-state index in [0.29, 0.717) is 5.56 Å². The highest BCUT2D eigenvalue weighted by atomic mass is 19.4. The van der Waals surface area contributed by atoms with E-state index in [-0.39, 0.29) is 71.0 Å². The number of nitrogens with one attached hydrogen (secondary N) is 1. The van der Waals surface area contributed by atoms with Gasteiger partial charge in [0.2, 0.25) is 6.23 Å². The fourth-order valence-electron chi connectivity index (χ4n) is 4.60. The molecule has 1 aromatic rings. The lowest BCUT2D eigenvalue weighted by atomic mass is 10.0. The van der Waals surface area contributed by atoms with Crippen LogP contribution >= 0.6 is 0 Å². The molecule has 2 rings (SSSR count). The normalized spacial score (nSPS) is 19.8. The van der Waals surface area contributed by atoms with Crippen molar-refractivity contribution in [2.75, 3.05) is 77.3 Å². The summed E-state index contributed by atoms with van der Waals surface area (Å²) in [6, 6.07) is 4.99. The van der Waals surface area contributed by atoms with Crippen molar-refractivity contribution in [2.45, 2.75) is 24.9 Å². The molecule has 1 aliphatic rings. The minimum absolute atomic E-state index is 0.0139. The van der Waals surface area contributed by atoms with Crippen molar-refractivity contribution >= 4 is 29.6 Å². The number of aliphatic hydroxyl groups is 1. The monoisotopic (exact) mass is 607 g/mol. The number of benzene rings is 1. The number of hydrogen-bond acceptors (Lipinski definition) is 10. The smallest absolute Gasteiger partial charge is 0.433 e. The van der Waals surface area contributed by atoms with E-state index < -0.39 is 55.4 Å². The Morgan fingerprint density at radius 3 is 1.62 bits per heavy atom. The van der Waals surface area contributed by atoms with E-state index in [1.54, 1.807) is 19.6 Å². The highest BCUT2D eigenvalue weighted by molar-refractivity contribution is 5.70. The Kier molecular flexibility index (Phi) is 13.4. The molecule has 0 aliphatic carbocycles. The van der Waals surface area contributed by atoms with Gasteiger partial charge in [-0.05, 0) is 24.1 Å². The first-order chi connectivity index (χ1) is 19.6. The molecule has 0 bridgehead atoms. The first-order valence-electron chi connectivity index (χ1n) is 13.0. The molecule has 0 spiro atoms. The summed E-state index contributed by atoms with van der Waals surface area (Å²) in [4.78, 5) is 52.6. The van der Waals surface area contributed by atoms with E-state index in [2.05, 4.69) is 0 Å². The van der Waals surface area contributed by atoms with Gasteiger partial charge in [0, 0.05) is 57.5 Å². The van der Waals surface area contributed by atoms with Gasteiger partial charge in [-0.2, -0.15) is 13.2 Å². The Morgan fingerprint density at radius 2 is 1.17 bits per heavy atom. The number of aliphatic hydroxyl groups excluding tert-OH is 1. The van der Waals surface area contributed by atoms with E-state index in [9.17, 15) is 57.9 Å². The van der Waals surface area contributed by atoms with Gasteiger partial charge in [0.15, 0.2) is 0 Å². The lowest BCUT2D eigenvalue weighted by Gasteiger charge is -2.37. The number of anilines is 1. The zero-order valence-electron chi connectivity index (χ0n) is 22.7. The molecule has 14 nitrogen and oxygen atoms in total. The Bertz CT molecular complexity index is 1060. The topological polar surface area (TPSA) is 194 Å². The number of carboxylic acids is 4. The molecule has 2 atom stereocenters. The number of halogens is 3. The fourth-order valence-corrected chi connectivity index (χ4v) is 4.60. The lowest BCUT2D eigenvalue weighted by Crippen LogP contribution is -2.53. The van der Waals surface area contributed by atoms with Crippen molar-refractivity contribution in [1.82, 2.24) is 19.6 Å². The maximum atomic E-state index is 12.7. The first-order valence-corrected chi connectivity index (χ1v) is 13.0. The van der Waals surface area contributed by atoms with Gasteiger partial charge in [0.25, 0.3) is 0 Å². The van der Waals surface area contributed by atoms with Crippen molar-refractivity contribution in [2.24, 2.45) is 0 Å². The van der Waals surface area contributed by atoms with Crippen LogP contribution in [0.25, 0.3) is 0 Å². The lowest BCUT2D eigenvalue weighted by molar-refractivity contribution is -0.194. The summed E-state index contributed by atoms with van der Waals surface area (Å²) >= 11 is 0. The van der Waals surface area contributed by atoms with Gasteiger partial charge in [-0.1, -0.05) is 12.1 Å². The molecule has 42 heavy (non-hydrogen) atoms. The third-order valence-electron chi connectivity index (χ3n) is 6.61. The molecule has 1 heterocycles. The van der Waals surface area contributed by atoms with Gasteiger partial charge < -0.3 is 30.8 Å².